The van der Waals surface area contributed by atoms with E-state index in [1.54, 1.807) is 18.6 Å². The molecule has 2 aromatic rings. The zero-order valence-corrected chi connectivity index (χ0v) is 12.4. The maximum atomic E-state index is 10.2. The molecule has 1 aromatic carbocycles. The van der Waals surface area contributed by atoms with Gasteiger partial charge >= 0.3 is 0 Å². The minimum atomic E-state index is -0.314. The van der Waals surface area contributed by atoms with Gasteiger partial charge in [0.15, 0.2) is 0 Å². The highest BCUT2D eigenvalue weighted by atomic mass is 35.5. The van der Waals surface area contributed by atoms with Gasteiger partial charge in [0.1, 0.15) is 0 Å². The Balaban J connectivity index is 1.61. The topological polar surface area (TPSA) is 49.2 Å². The number of hydrogen-bond acceptors (Lipinski definition) is 4. The van der Waals surface area contributed by atoms with Crippen LogP contribution in [0.25, 0.3) is 0 Å². The number of β-amino-alcohol motifs (C(OH)–C–C–N with tert-alkyl or cyclic N) is 1. The Kier molecular flexibility index (Phi) is 4.48. The molecule has 0 radical (unpaired) electrons. The molecule has 110 valence electrons. The van der Waals surface area contributed by atoms with E-state index in [4.69, 9.17) is 11.6 Å². The van der Waals surface area contributed by atoms with Crippen LogP contribution in [0.1, 0.15) is 11.3 Å². The highest BCUT2D eigenvalue weighted by Gasteiger charge is 2.31. The van der Waals surface area contributed by atoms with Crippen molar-refractivity contribution in [2.75, 3.05) is 13.1 Å². The first-order valence-corrected chi connectivity index (χ1v) is 7.48. The van der Waals surface area contributed by atoms with E-state index in [1.807, 2.05) is 18.2 Å². The van der Waals surface area contributed by atoms with E-state index in [-0.39, 0.29) is 12.0 Å². The van der Waals surface area contributed by atoms with Gasteiger partial charge in [-0.15, -0.1) is 0 Å². The van der Waals surface area contributed by atoms with Crippen LogP contribution in [0.5, 0.6) is 0 Å². The molecule has 2 heterocycles. The standard InChI is InChI=1S/C16H18ClN3O/c17-14-3-1-2-12(6-14)9-20-10-13(16(21)11-20)7-15-8-18-4-5-19-15/h1-6,8,13,16,21H,7,9-11H2/t13-,16-/m1/s1. The molecule has 0 amide bonds. The molecule has 3 rings (SSSR count). The molecule has 1 aromatic heterocycles. The van der Waals surface area contributed by atoms with Gasteiger partial charge in [-0.1, -0.05) is 23.7 Å². The molecule has 21 heavy (non-hydrogen) atoms. The van der Waals surface area contributed by atoms with Crippen molar-refractivity contribution in [1.82, 2.24) is 14.9 Å². The van der Waals surface area contributed by atoms with Crippen LogP contribution in [0.3, 0.4) is 0 Å². The summed E-state index contributed by atoms with van der Waals surface area (Å²) in [5.74, 6) is 0.209. The molecule has 5 heteroatoms. The Bertz CT molecular complexity index is 593. The lowest BCUT2D eigenvalue weighted by atomic mass is 10.0. The first-order valence-electron chi connectivity index (χ1n) is 7.10. The summed E-state index contributed by atoms with van der Waals surface area (Å²) in [6.07, 6.45) is 5.58. The minimum Gasteiger partial charge on any atom is -0.391 e. The largest absolute Gasteiger partial charge is 0.391 e. The Morgan fingerprint density at radius 1 is 1.29 bits per heavy atom. The van der Waals surface area contributed by atoms with Crippen molar-refractivity contribution < 1.29 is 5.11 Å². The van der Waals surface area contributed by atoms with Crippen LogP contribution in [-0.2, 0) is 13.0 Å². The number of benzene rings is 1. The predicted octanol–water partition coefficient (Wildman–Crippen LogP) is 2.17. The lowest BCUT2D eigenvalue weighted by molar-refractivity contribution is 0.140. The van der Waals surface area contributed by atoms with E-state index >= 15 is 0 Å². The minimum absolute atomic E-state index is 0.209. The fraction of sp³-hybridized carbons (Fsp3) is 0.375. The normalized spacial score (nSPS) is 22.6. The van der Waals surface area contributed by atoms with Crippen molar-refractivity contribution in [1.29, 1.82) is 0 Å². The molecule has 1 aliphatic rings. The van der Waals surface area contributed by atoms with Crippen LogP contribution in [0.4, 0.5) is 0 Å². The van der Waals surface area contributed by atoms with E-state index in [0.29, 0.717) is 6.54 Å². The van der Waals surface area contributed by atoms with Crippen LogP contribution in [0.2, 0.25) is 5.02 Å². The lowest BCUT2D eigenvalue weighted by Gasteiger charge is -2.15. The number of aromatic nitrogens is 2. The third-order valence-electron chi connectivity index (χ3n) is 3.87. The molecule has 0 spiro atoms. The molecule has 0 bridgehead atoms. The molecule has 1 fully saturated rings. The fourth-order valence-electron chi connectivity index (χ4n) is 2.87. The van der Waals surface area contributed by atoms with Gasteiger partial charge in [0.2, 0.25) is 0 Å². The number of likely N-dealkylation sites (tertiary alicyclic amines) is 1. The van der Waals surface area contributed by atoms with Crippen molar-refractivity contribution in [2.45, 2.75) is 19.1 Å². The highest BCUT2D eigenvalue weighted by molar-refractivity contribution is 6.30. The summed E-state index contributed by atoms with van der Waals surface area (Å²) in [6, 6.07) is 7.88. The number of halogens is 1. The quantitative estimate of drug-likeness (QED) is 0.940. The molecular weight excluding hydrogens is 286 g/mol. The van der Waals surface area contributed by atoms with Crippen LogP contribution < -0.4 is 0 Å². The molecule has 0 aliphatic carbocycles. The van der Waals surface area contributed by atoms with Gasteiger partial charge in [-0.25, -0.2) is 0 Å². The summed E-state index contributed by atoms with van der Waals surface area (Å²) in [6.45, 7) is 2.37. The van der Waals surface area contributed by atoms with Crippen molar-refractivity contribution in [2.24, 2.45) is 5.92 Å². The van der Waals surface area contributed by atoms with E-state index in [0.717, 1.165) is 30.2 Å². The second kappa shape index (κ2) is 6.52. The second-order valence-electron chi connectivity index (χ2n) is 5.55. The number of rotatable bonds is 4. The molecule has 1 N–H and O–H groups in total. The van der Waals surface area contributed by atoms with Gasteiger partial charge in [0, 0.05) is 49.2 Å². The number of aliphatic hydroxyl groups is 1. The van der Waals surface area contributed by atoms with Crippen LogP contribution >= 0.6 is 11.6 Å². The third kappa shape index (κ3) is 3.79. The number of hydrogen-bond donors (Lipinski definition) is 1. The molecular formula is C16H18ClN3O. The van der Waals surface area contributed by atoms with Gasteiger partial charge < -0.3 is 5.11 Å². The van der Waals surface area contributed by atoms with E-state index < -0.39 is 0 Å². The maximum absolute atomic E-state index is 10.2. The van der Waals surface area contributed by atoms with Crippen molar-refractivity contribution in [3.8, 4) is 0 Å². The maximum Gasteiger partial charge on any atom is 0.0711 e. The Hall–Kier alpha value is -1.49. The average molecular weight is 304 g/mol. The molecule has 0 saturated carbocycles. The zero-order valence-electron chi connectivity index (χ0n) is 11.7. The summed E-state index contributed by atoms with van der Waals surface area (Å²) < 4.78 is 0. The van der Waals surface area contributed by atoms with Crippen molar-refractivity contribution in [3.05, 3.63) is 59.1 Å². The highest BCUT2D eigenvalue weighted by Crippen LogP contribution is 2.23. The summed E-state index contributed by atoms with van der Waals surface area (Å²) >= 11 is 6.01. The predicted molar refractivity (Wildman–Crippen MR) is 82.0 cm³/mol. The Morgan fingerprint density at radius 3 is 2.95 bits per heavy atom. The third-order valence-corrected chi connectivity index (χ3v) is 4.10. The molecule has 1 saturated heterocycles. The summed E-state index contributed by atoms with van der Waals surface area (Å²) in [7, 11) is 0. The SMILES string of the molecule is O[C@@H]1CN(Cc2cccc(Cl)c2)C[C@H]1Cc1cnccn1. The van der Waals surface area contributed by atoms with Gasteiger partial charge in [-0.2, -0.15) is 0 Å². The van der Waals surface area contributed by atoms with Gasteiger partial charge in [-0.05, 0) is 24.1 Å². The second-order valence-corrected chi connectivity index (χ2v) is 5.99. The van der Waals surface area contributed by atoms with E-state index in [1.165, 1.54) is 5.56 Å². The van der Waals surface area contributed by atoms with Crippen molar-refractivity contribution >= 4 is 11.6 Å². The van der Waals surface area contributed by atoms with Gasteiger partial charge in [0.25, 0.3) is 0 Å². The van der Waals surface area contributed by atoms with Crippen LogP contribution in [0.15, 0.2) is 42.9 Å². The van der Waals surface area contributed by atoms with Gasteiger partial charge in [0.05, 0.1) is 11.8 Å². The molecule has 2 atom stereocenters. The molecule has 4 nitrogen and oxygen atoms in total. The average Bonchev–Trinajstić information content (AvgIpc) is 2.80. The smallest absolute Gasteiger partial charge is 0.0711 e. The Labute approximate surface area is 129 Å². The molecule has 1 aliphatic heterocycles. The van der Waals surface area contributed by atoms with E-state index in [9.17, 15) is 5.11 Å². The molecule has 0 unspecified atom stereocenters. The first kappa shape index (κ1) is 14.4. The zero-order chi connectivity index (χ0) is 14.7. The van der Waals surface area contributed by atoms with Crippen LogP contribution in [-0.4, -0.2) is 39.2 Å². The van der Waals surface area contributed by atoms with Crippen molar-refractivity contribution in [3.63, 3.8) is 0 Å². The first-order chi connectivity index (χ1) is 10.2. The van der Waals surface area contributed by atoms with E-state index in [2.05, 4.69) is 20.9 Å². The summed E-state index contributed by atoms with van der Waals surface area (Å²) in [5, 5.41) is 11.0. The fourth-order valence-corrected chi connectivity index (χ4v) is 3.08. The van der Waals surface area contributed by atoms with Crippen LogP contribution in [0, 0.1) is 5.92 Å². The van der Waals surface area contributed by atoms with Gasteiger partial charge in [-0.3, -0.25) is 14.9 Å². The monoisotopic (exact) mass is 303 g/mol. The lowest BCUT2D eigenvalue weighted by Crippen LogP contribution is -2.21. The Morgan fingerprint density at radius 2 is 2.19 bits per heavy atom. The number of aliphatic hydroxyl groups excluding tert-OH is 1. The summed E-state index contributed by atoms with van der Waals surface area (Å²) in [4.78, 5) is 10.6. The summed E-state index contributed by atoms with van der Waals surface area (Å²) in [5.41, 5.74) is 2.11. The number of nitrogens with zero attached hydrogens (tertiary/aromatic N) is 3.